The van der Waals surface area contributed by atoms with Crippen LogP contribution < -0.4 is 5.32 Å². The van der Waals surface area contributed by atoms with Gasteiger partial charge >= 0.3 is 0 Å². The van der Waals surface area contributed by atoms with Gasteiger partial charge in [-0.25, -0.2) is 12.7 Å². The molecule has 1 aliphatic rings. The molecule has 1 aliphatic carbocycles. The normalized spacial score (nSPS) is 27.2. The fourth-order valence-electron chi connectivity index (χ4n) is 2.19. The van der Waals surface area contributed by atoms with Gasteiger partial charge in [0.2, 0.25) is 10.0 Å². The zero-order chi connectivity index (χ0) is 12.2. The van der Waals surface area contributed by atoms with Gasteiger partial charge in [-0.1, -0.05) is 19.8 Å². The van der Waals surface area contributed by atoms with E-state index in [1.165, 1.54) is 36.2 Å². The molecule has 0 heterocycles. The van der Waals surface area contributed by atoms with Crippen molar-refractivity contribution in [3.05, 3.63) is 0 Å². The molecule has 2 unspecified atom stereocenters. The summed E-state index contributed by atoms with van der Waals surface area (Å²) in [7, 11) is -1.40. The molecule has 4 nitrogen and oxygen atoms in total. The number of hydrogen-bond donors (Lipinski definition) is 1. The average Bonchev–Trinajstić information content (AvgIpc) is 2.19. The van der Waals surface area contributed by atoms with Gasteiger partial charge < -0.3 is 5.32 Å². The summed E-state index contributed by atoms with van der Waals surface area (Å²) in [6.45, 7) is 3.58. The fourth-order valence-corrected chi connectivity index (χ4v) is 2.62. The van der Waals surface area contributed by atoms with Crippen LogP contribution in [0.15, 0.2) is 0 Å². The molecular formula is C11H24N2O2S. The van der Waals surface area contributed by atoms with Crippen LogP contribution in [0.1, 0.15) is 32.6 Å². The lowest BCUT2D eigenvalue weighted by atomic mass is 9.86. The highest BCUT2D eigenvalue weighted by Crippen LogP contribution is 2.23. The van der Waals surface area contributed by atoms with Crippen LogP contribution in [0.4, 0.5) is 0 Å². The van der Waals surface area contributed by atoms with E-state index in [1.807, 2.05) is 0 Å². The minimum absolute atomic E-state index is 0.558. The van der Waals surface area contributed by atoms with Gasteiger partial charge in [0.05, 0.1) is 6.26 Å². The molecule has 0 bridgehead atoms. The Balaban J connectivity index is 2.24. The zero-order valence-corrected chi connectivity index (χ0v) is 11.4. The summed E-state index contributed by atoms with van der Waals surface area (Å²) in [5.41, 5.74) is 0. The quantitative estimate of drug-likeness (QED) is 0.791. The third-order valence-electron chi connectivity index (χ3n) is 3.51. The third-order valence-corrected chi connectivity index (χ3v) is 4.83. The molecule has 5 heteroatoms. The van der Waals surface area contributed by atoms with E-state index in [4.69, 9.17) is 0 Å². The van der Waals surface area contributed by atoms with E-state index in [0.717, 1.165) is 12.5 Å². The maximum Gasteiger partial charge on any atom is 0.210 e. The Morgan fingerprint density at radius 2 is 1.94 bits per heavy atom. The number of sulfonamides is 1. The van der Waals surface area contributed by atoms with E-state index in [0.29, 0.717) is 12.6 Å². The van der Waals surface area contributed by atoms with Crippen LogP contribution >= 0.6 is 0 Å². The summed E-state index contributed by atoms with van der Waals surface area (Å²) in [6.07, 6.45) is 6.39. The number of nitrogens with one attached hydrogen (secondary N) is 1. The second kappa shape index (κ2) is 5.98. The van der Waals surface area contributed by atoms with Crippen LogP contribution in [0, 0.1) is 5.92 Å². The maximum atomic E-state index is 11.2. The summed E-state index contributed by atoms with van der Waals surface area (Å²) >= 11 is 0. The summed E-state index contributed by atoms with van der Waals surface area (Å²) in [6, 6.07) is 0.571. The molecule has 16 heavy (non-hydrogen) atoms. The van der Waals surface area contributed by atoms with Crippen molar-refractivity contribution in [2.75, 3.05) is 26.4 Å². The van der Waals surface area contributed by atoms with Crippen molar-refractivity contribution in [2.45, 2.75) is 38.6 Å². The van der Waals surface area contributed by atoms with Crippen molar-refractivity contribution in [1.29, 1.82) is 0 Å². The molecule has 0 saturated heterocycles. The van der Waals surface area contributed by atoms with Crippen LogP contribution in [0.2, 0.25) is 0 Å². The molecule has 2 atom stereocenters. The van der Waals surface area contributed by atoms with E-state index >= 15 is 0 Å². The van der Waals surface area contributed by atoms with Crippen LogP contribution in [-0.2, 0) is 10.0 Å². The van der Waals surface area contributed by atoms with E-state index in [-0.39, 0.29) is 0 Å². The monoisotopic (exact) mass is 248 g/mol. The Morgan fingerprint density at radius 3 is 2.50 bits per heavy atom. The Kier molecular flexibility index (Phi) is 5.21. The highest BCUT2D eigenvalue weighted by Gasteiger charge is 2.20. The van der Waals surface area contributed by atoms with Crippen LogP contribution in [0.3, 0.4) is 0 Å². The second-order valence-electron chi connectivity index (χ2n) is 4.91. The molecule has 0 amide bonds. The molecule has 0 aliphatic heterocycles. The Bertz CT molecular complexity index is 303. The second-order valence-corrected chi connectivity index (χ2v) is 7.00. The molecule has 1 rings (SSSR count). The minimum Gasteiger partial charge on any atom is -0.312 e. The van der Waals surface area contributed by atoms with E-state index in [9.17, 15) is 8.42 Å². The van der Waals surface area contributed by atoms with Gasteiger partial charge in [-0.3, -0.25) is 0 Å². The van der Waals surface area contributed by atoms with E-state index in [1.54, 1.807) is 7.05 Å². The molecule has 1 saturated carbocycles. The molecule has 0 aromatic carbocycles. The fraction of sp³-hybridized carbons (Fsp3) is 1.00. The molecule has 0 spiro atoms. The summed E-state index contributed by atoms with van der Waals surface area (Å²) < 4.78 is 23.7. The van der Waals surface area contributed by atoms with Crippen LogP contribution in [-0.4, -0.2) is 45.2 Å². The predicted octanol–water partition coefficient (Wildman–Crippen LogP) is 1.05. The van der Waals surface area contributed by atoms with E-state index < -0.39 is 10.0 Å². The van der Waals surface area contributed by atoms with Gasteiger partial charge in [-0.2, -0.15) is 0 Å². The first-order chi connectivity index (χ1) is 7.41. The third kappa shape index (κ3) is 4.39. The largest absolute Gasteiger partial charge is 0.312 e. The van der Waals surface area contributed by atoms with E-state index in [2.05, 4.69) is 12.2 Å². The highest BCUT2D eigenvalue weighted by atomic mass is 32.2. The van der Waals surface area contributed by atoms with Gasteiger partial charge in [0, 0.05) is 26.2 Å². The topological polar surface area (TPSA) is 49.4 Å². The summed E-state index contributed by atoms with van der Waals surface area (Å²) in [5.74, 6) is 0.720. The number of hydrogen-bond acceptors (Lipinski definition) is 3. The highest BCUT2D eigenvalue weighted by molar-refractivity contribution is 7.88. The zero-order valence-electron chi connectivity index (χ0n) is 10.6. The lowest BCUT2D eigenvalue weighted by Gasteiger charge is -2.30. The molecule has 0 aromatic rings. The standard InChI is InChI=1S/C11H24N2O2S/c1-10-6-4-5-7-11(10)12-8-9-13(2)16(3,14)15/h10-12H,4-9H2,1-3H3. The van der Waals surface area contributed by atoms with Crippen LogP contribution in [0.5, 0.6) is 0 Å². The maximum absolute atomic E-state index is 11.2. The van der Waals surface area contributed by atoms with Gasteiger partial charge in [-0.15, -0.1) is 0 Å². The number of likely N-dealkylation sites (N-methyl/N-ethyl adjacent to an activating group) is 1. The molecular weight excluding hydrogens is 224 g/mol. The molecule has 1 N–H and O–H groups in total. The van der Waals surface area contributed by atoms with Crippen molar-refractivity contribution in [3.8, 4) is 0 Å². The molecule has 96 valence electrons. The lowest BCUT2D eigenvalue weighted by molar-refractivity contribution is 0.276. The van der Waals surface area contributed by atoms with Gasteiger partial charge in [0.1, 0.15) is 0 Å². The molecule has 1 fully saturated rings. The minimum atomic E-state index is -3.03. The first-order valence-electron chi connectivity index (χ1n) is 6.06. The van der Waals surface area contributed by atoms with Gasteiger partial charge in [0.25, 0.3) is 0 Å². The Morgan fingerprint density at radius 1 is 1.31 bits per heavy atom. The summed E-state index contributed by atoms with van der Waals surface area (Å²) in [4.78, 5) is 0. The molecule has 0 radical (unpaired) electrons. The van der Waals surface area contributed by atoms with Gasteiger partial charge in [-0.05, 0) is 18.8 Å². The van der Waals surface area contributed by atoms with Crippen LogP contribution in [0.25, 0.3) is 0 Å². The smallest absolute Gasteiger partial charge is 0.210 e. The number of rotatable bonds is 5. The van der Waals surface area contributed by atoms with Gasteiger partial charge in [0.15, 0.2) is 0 Å². The average molecular weight is 248 g/mol. The first-order valence-corrected chi connectivity index (χ1v) is 7.91. The lowest BCUT2D eigenvalue weighted by Crippen LogP contribution is -2.41. The van der Waals surface area contributed by atoms with Crippen molar-refractivity contribution in [2.24, 2.45) is 5.92 Å². The van der Waals surface area contributed by atoms with Crippen molar-refractivity contribution >= 4 is 10.0 Å². The Hall–Kier alpha value is -0.130. The SMILES string of the molecule is CC1CCCCC1NCCN(C)S(C)(=O)=O. The predicted molar refractivity (Wildman–Crippen MR) is 66.9 cm³/mol. The number of nitrogens with zero attached hydrogens (tertiary/aromatic N) is 1. The Labute approximate surface area is 99.5 Å². The molecule has 0 aromatic heterocycles. The summed E-state index contributed by atoms with van der Waals surface area (Å²) in [5, 5.41) is 3.47. The van der Waals surface area contributed by atoms with Crippen molar-refractivity contribution in [3.63, 3.8) is 0 Å². The first kappa shape index (κ1) is 13.9. The van der Waals surface area contributed by atoms with Crippen molar-refractivity contribution < 1.29 is 8.42 Å². The van der Waals surface area contributed by atoms with Crippen molar-refractivity contribution in [1.82, 2.24) is 9.62 Å².